The summed E-state index contributed by atoms with van der Waals surface area (Å²) < 4.78 is 21.8. The van der Waals surface area contributed by atoms with E-state index in [1.54, 1.807) is 23.1 Å². The van der Waals surface area contributed by atoms with E-state index in [2.05, 4.69) is 5.32 Å². The van der Waals surface area contributed by atoms with Gasteiger partial charge in [0.25, 0.3) is 5.91 Å². The lowest BCUT2D eigenvalue weighted by Gasteiger charge is -2.37. The Morgan fingerprint density at radius 1 is 1.14 bits per heavy atom. The molecule has 29 heavy (non-hydrogen) atoms. The highest BCUT2D eigenvalue weighted by Gasteiger charge is 2.34. The molecule has 9 nitrogen and oxygen atoms in total. The number of morpholine rings is 1. The summed E-state index contributed by atoms with van der Waals surface area (Å²) in [6, 6.07) is 4.68. The summed E-state index contributed by atoms with van der Waals surface area (Å²) in [6.07, 6.45) is 0.728. The van der Waals surface area contributed by atoms with Gasteiger partial charge >= 0.3 is 0 Å². The number of benzene rings is 1. The number of hydrogen-bond donors (Lipinski definition) is 2. The van der Waals surface area contributed by atoms with Crippen LogP contribution in [0.2, 0.25) is 0 Å². The van der Waals surface area contributed by atoms with Crippen LogP contribution in [0, 0.1) is 0 Å². The van der Waals surface area contributed by atoms with Crippen molar-refractivity contribution in [3.05, 3.63) is 23.8 Å². The molecule has 2 saturated heterocycles. The molecular formula is C20H26N2O7. The Morgan fingerprint density at radius 3 is 2.72 bits per heavy atom. The number of carbonyl (C=O) groups excluding carboxylic acids is 2. The Hall–Kier alpha value is -2.36. The first-order valence-corrected chi connectivity index (χ1v) is 9.96. The van der Waals surface area contributed by atoms with Crippen molar-refractivity contribution in [1.82, 2.24) is 10.2 Å². The molecule has 4 rings (SSSR count). The number of ether oxygens (including phenoxy) is 4. The van der Waals surface area contributed by atoms with Crippen molar-refractivity contribution in [1.29, 1.82) is 0 Å². The predicted molar refractivity (Wildman–Crippen MR) is 101 cm³/mol. The summed E-state index contributed by atoms with van der Waals surface area (Å²) in [4.78, 5) is 26.8. The van der Waals surface area contributed by atoms with Gasteiger partial charge in [-0.3, -0.25) is 9.59 Å². The molecule has 3 heterocycles. The van der Waals surface area contributed by atoms with Crippen LogP contribution in [0.4, 0.5) is 0 Å². The Balaban J connectivity index is 1.31. The van der Waals surface area contributed by atoms with Crippen LogP contribution in [0.15, 0.2) is 18.2 Å². The molecule has 0 saturated carbocycles. The van der Waals surface area contributed by atoms with Gasteiger partial charge in [0.15, 0.2) is 11.5 Å². The third-order valence-electron chi connectivity index (χ3n) is 5.51. The highest BCUT2D eigenvalue weighted by atomic mass is 16.7. The minimum Gasteiger partial charge on any atom is -0.454 e. The zero-order valence-electron chi connectivity index (χ0n) is 16.2. The number of rotatable bonds is 5. The maximum atomic E-state index is 12.6. The zero-order chi connectivity index (χ0) is 20.2. The Bertz CT molecular complexity index is 750. The monoisotopic (exact) mass is 406 g/mol. The van der Waals surface area contributed by atoms with Crippen LogP contribution in [0.3, 0.4) is 0 Å². The van der Waals surface area contributed by atoms with Crippen LogP contribution < -0.4 is 14.8 Å². The van der Waals surface area contributed by atoms with Crippen LogP contribution >= 0.6 is 0 Å². The molecule has 0 radical (unpaired) electrons. The highest BCUT2D eigenvalue weighted by molar-refractivity contribution is 5.95. The molecule has 1 aromatic rings. The fourth-order valence-corrected chi connectivity index (χ4v) is 3.87. The minimum absolute atomic E-state index is 0.0397. The Labute approximate surface area is 168 Å². The van der Waals surface area contributed by atoms with Crippen LogP contribution in [-0.2, 0) is 14.3 Å². The van der Waals surface area contributed by atoms with Gasteiger partial charge in [-0.05, 0) is 31.0 Å². The highest BCUT2D eigenvalue weighted by Crippen LogP contribution is 2.32. The fraction of sp³-hybridized carbons (Fsp3) is 0.600. The molecule has 3 atom stereocenters. The molecule has 0 spiro atoms. The molecule has 2 fully saturated rings. The molecule has 0 bridgehead atoms. The maximum Gasteiger partial charge on any atom is 0.251 e. The normalized spacial score (nSPS) is 26.2. The van der Waals surface area contributed by atoms with Gasteiger partial charge in [0, 0.05) is 18.7 Å². The standard InChI is InChI=1S/C20H26N2O7/c23-11-18-15(21-20(25)13-1-4-16-17(9-13)28-12-27-16)3-2-14(29-18)10-19(24)22-5-7-26-8-6-22/h1,4,9,14-15,18,23H,2-3,5-8,10-12H2,(H,21,25)/t14-,15+,18+/m0/s1. The predicted octanol–water partition coefficient (Wildman–Crippen LogP) is 0.303. The lowest BCUT2D eigenvalue weighted by atomic mass is 9.96. The number of hydrogen-bond acceptors (Lipinski definition) is 7. The minimum atomic E-state index is -0.552. The summed E-state index contributed by atoms with van der Waals surface area (Å²) in [5, 5.41) is 12.7. The van der Waals surface area contributed by atoms with Crippen LogP contribution in [0.5, 0.6) is 11.5 Å². The van der Waals surface area contributed by atoms with Crippen molar-refractivity contribution in [2.45, 2.75) is 37.5 Å². The second-order valence-corrected chi connectivity index (χ2v) is 7.40. The average Bonchev–Trinajstić information content (AvgIpc) is 3.23. The number of nitrogens with zero attached hydrogens (tertiary/aromatic N) is 1. The molecule has 9 heteroatoms. The number of fused-ring (bicyclic) bond motifs is 1. The third kappa shape index (κ3) is 4.63. The summed E-state index contributed by atoms with van der Waals surface area (Å²) >= 11 is 0. The van der Waals surface area contributed by atoms with E-state index in [9.17, 15) is 14.7 Å². The van der Waals surface area contributed by atoms with Crippen molar-refractivity contribution in [3.63, 3.8) is 0 Å². The second-order valence-electron chi connectivity index (χ2n) is 7.40. The largest absolute Gasteiger partial charge is 0.454 e. The quantitative estimate of drug-likeness (QED) is 0.724. The van der Waals surface area contributed by atoms with Crippen LogP contribution in [0.1, 0.15) is 29.6 Å². The molecule has 0 aromatic heterocycles. The number of nitrogens with one attached hydrogen (secondary N) is 1. The van der Waals surface area contributed by atoms with Crippen molar-refractivity contribution < 1.29 is 33.6 Å². The van der Waals surface area contributed by atoms with Crippen LogP contribution in [-0.4, -0.2) is 79.8 Å². The van der Waals surface area contributed by atoms with Crippen molar-refractivity contribution >= 4 is 11.8 Å². The van der Waals surface area contributed by atoms with Gasteiger partial charge in [-0.25, -0.2) is 0 Å². The Morgan fingerprint density at radius 2 is 1.93 bits per heavy atom. The van der Waals surface area contributed by atoms with E-state index in [1.807, 2.05) is 0 Å². The van der Waals surface area contributed by atoms with E-state index in [0.29, 0.717) is 56.2 Å². The van der Waals surface area contributed by atoms with Gasteiger partial charge in [-0.1, -0.05) is 0 Å². The molecule has 3 aliphatic heterocycles. The summed E-state index contributed by atoms with van der Waals surface area (Å²) in [7, 11) is 0. The Kier molecular flexibility index (Phi) is 6.17. The molecule has 1 aromatic carbocycles. The smallest absolute Gasteiger partial charge is 0.251 e. The molecule has 0 aliphatic carbocycles. The van der Waals surface area contributed by atoms with Gasteiger partial charge < -0.3 is 34.3 Å². The van der Waals surface area contributed by atoms with Crippen molar-refractivity contribution in [2.24, 2.45) is 0 Å². The van der Waals surface area contributed by atoms with E-state index < -0.39 is 6.10 Å². The van der Waals surface area contributed by atoms with Crippen molar-refractivity contribution in [3.8, 4) is 11.5 Å². The summed E-state index contributed by atoms with van der Waals surface area (Å²) in [5.74, 6) is 0.928. The first kappa shape index (κ1) is 19.9. The molecule has 158 valence electrons. The lowest BCUT2D eigenvalue weighted by molar-refractivity contribution is -0.143. The van der Waals surface area contributed by atoms with E-state index in [0.717, 1.165) is 0 Å². The molecule has 2 N–H and O–H groups in total. The first-order valence-electron chi connectivity index (χ1n) is 9.96. The number of aliphatic hydroxyl groups excluding tert-OH is 1. The zero-order valence-corrected chi connectivity index (χ0v) is 16.2. The van der Waals surface area contributed by atoms with Gasteiger partial charge in [0.05, 0.1) is 38.4 Å². The number of amides is 2. The average molecular weight is 406 g/mol. The van der Waals surface area contributed by atoms with E-state index in [-0.39, 0.29) is 43.8 Å². The third-order valence-corrected chi connectivity index (χ3v) is 5.51. The van der Waals surface area contributed by atoms with Crippen molar-refractivity contribution in [2.75, 3.05) is 39.7 Å². The summed E-state index contributed by atoms with van der Waals surface area (Å²) in [6.45, 7) is 2.24. The maximum absolute atomic E-state index is 12.6. The fourth-order valence-electron chi connectivity index (χ4n) is 3.87. The molecule has 3 aliphatic rings. The first-order chi connectivity index (χ1) is 14.1. The second kappa shape index (κ2) is 8.98. The number of aliphatic hydroxyl groups is 1. The van der Waals surface area contributed by atoms with Gasteiger partial charge in [-0.15, -0.1) is 0 Å². The molecule has 2 amide bonds. The molecular weight excluding hydrogens is 380 g/mol. The van der Waals surface area contributed by atoms with E-state index >= 15 is 0 Å². The SMILES string of the molecule is O=C(N[C@@H]1CC[C@@H](CC(=O)N2CCOCC2)O[C@@H]1CO)c1ccc2c(c1)OCO2. The van der Waals surface area contributed by atoms with E-state index in [4.69, 9.17) is 18.9 Å². The van der Waals surface area contributed by atoms with Crippen LogP contribution in [0.25, 0.3) is 0 Å². The van der Waals surface area contributed by atoms with Gasteiger partial charge in [0.1, 0.15) is 6.10 Å². The molecule has 0 unspecified atom stereocenters. The topological polar surface area (TPSA) is 107 Å². The van der Waals surface area contributed by atoms with E-state index in [1.165, 1.54) is 0 Å². The van der Waals surface area contributed by atoms with Gasteiger partial charge in [-0.2, -0.15) is 0 Å². The lowest BCUT2D eigenvalue weighted by Crippen LogP contribution is -2.52. The van der Waals surface area contributed by atoms with Gasteiger partial charge in [0.2, 0.25) is 12.7 Å². The number of carbonyl (C=O) groups is 2. The summed E-state index contributed by atoms with van der Waals surface area (Å²) in [5.41, 5.74) is 0.454.